The Balaban J connectivity index is 0.678. The van der Waals surface area contributed by atoms with E-state index in [-0.39, 0.29) is 30.4 Å². The van der Waals surface area contributed by atoms with Crippen LogP contribution in [0.3, 0.4) is 0 Å². The highest BCUT2D eigenvalue weighted by atomic mass is 16.5. The summed E-state index contributed by atoms with van der Waals surface area (Å²) in [5, 5.41) is 49.4. The van der Waals surface area contributed by atoms with E-state index in [9.17, 15) is 14.7 Å². The second-order valence-corrected chi connectivity index (χ2v) is 18.2. The van der Waals surface area contributed by atoms with Gasteiger partial charge in [-0.1, -0.05) is 38.1 Å². The van der Waals surface area contributed by atoms with Crippen LogP contribution >= 0.6 is 0 Å². The van der Waals surface area contributed by atoms with Crippen molar-refractivity contribution in [2.45, 2.75) is 76.3 Å². The lowest BCUT2D eigenvalue weighted by atomic mass is 10.0. The fraction of sp³-hybridized carbons (Fsp3) is 0.360. The predicted octanol–water partition coefficient (Wildman–Crippen LogP) is 7.61. The predicted molar refractivity (Wildman–Crippen MR) is 260 cm³/mol. The van der Waals surface area contributed by atoms with Crippen LogP contribution in [0.2, 0.25) is 0 Å². The number of hydrogen-bond donors (Lipinski definition) is 7. The van der Waals surface area contributed by atoms with Gasteiger partial charge in [0.1, 0.15) is 0 Å². The highest BCUT2D eigenvalue weighted by molar-refractivity contribution is 5.95. The monoisotopic (exact) mass is 916 g/mol. The number of carbonyl (C=O) groups is 2. The van der Waals surface area contributed by atoms with E-state index in [2.05, 4.69) is 64.0 Å². The van der Waals surface area contributed by atoms with Gasteiger partial charge in [-0.3, -0.25) is 19.8 Å². The average Bonchev–Trinajstić information content (AvgIpc) is 4.18. The number of fused-ring (bicyclic) bond motifs is 2. The summed E-state index contributed by atoms with van der Waals surface area (Å²) in [4.78, 5) is 36.2. The molecule has 2 aliphatic rings. The molecule has 2 fully saturated rings. The normalized spacial score (nSPS) is 15.1. The van der Waals surface area contributed by atoms with Gasteiger partial charge >= 0.3 is 0 Å². The number of carbonyl (C=O) groups excluding carboxylic acids is 2. The Bertz CT molecular complexity index is 3070. The minimum atomic E-state index is -0.472. The number of rotatable bonds is 20. The molecule has 8 aromatic rings. The number of aliphatic hydroxyl groups excluding tert-OH is 1. The second-order valence-electron chi connectivity index (χ2n) is 18.2. The molecule has 18 heteroatoms. The van der Waals surface area contributed by atoms with Gasteiger partial charge in [0.15, 0.2) is 11.6 Å². The molecule has 4 aromatic carbocycles. The summed E-state index contributed by atoms with van der Waals surface area (Å²) in [5.74, 6) is 2.85. The zero-order valence-corrected chi connectivity index (χ0v) is 38.6. The van der Waals surface area contributed by atoms with Gasteiger partial charge < -0.3 is 31.1 Å². The van der Waals surface area contributed by atoms with Crippen molar-refractivity contribution in [1.82, 2.24) is 60.6 Å². The molecule has 350 valence electrons. The standard InChI is InChI=1S/C50H56N14O4/c1-5-35(53-47(66)33-14-10-31(11-15-33)45-57-49(63(3)61-45)55-41-20-18-39-37(23-51-59-39)43(41)29-6-7-29)27-68-26-28(2)22-36(25-65)54-48(67)34-16-12-32(13-17-34)46-58-50(64(4)62-46)56-42-21-19-40-38(24-52-60-40)44(42)30-8-9-30/h10-21,23-24,28-30,35-36,65H,5-9,22,25-27H2,1-4H3,(H,51,59)(H,52,60)(H,53,66)(H,54,67)(H,55,57,61)(H,56,58,62)/t28?,35?,36-/m0/s1. The number of aromatic nitrogens is 10. The number of nitrogens with one attached hydrogen (secondary N) is 6. The third-order valence-corrected chi connectivity index (χ3v) is 12.9. The van der Waals surface area contributed by atoms with Crippen molar-refractivity contribution >= 4 is 56.9 Å². The molecule has 0 radical (unpaired) electrons. The van der Waals surface area contributed by atoms with Crippen LogP contribution in [-0.2, 0) is 18.8 Å². The summed E-state index contributed by atoms with van der Waals surface area (Å²) in [7, 11) is 3.70. The van der Waals surface area contributed by atoms with Crippen molar-refractivity contribution in [2.24, 2.45) is 20.0 Å². The number of anilines is 4. The van der Waals surface area contributed by atoms with E-state index in [1.807, 2.05) is 76.7 Å². The molecular weight excluding hydrogens is 861 g/mol. The highest BCUT2D eigenvalue weighted by Crippen LogP contribution is 2.48. The van der Waals surface area contributed by atoms with Crippen LogP contribution in [0.15, 0.2) is 85.2 Å². The molecule has 2 saturated carbocycles. The molecular formula is C50H56N14O4. The lowest BCUT2D eigenvalue weighted by Crippen LogP contribution is -2.40. The van der Waals surface area contributed by atoms with Gasteiger partial charge in [0.05, 0.1) is 48.7 Å². The largest absolute Gasteiger partial charge is 0.394 e. The van der Waals surface area contributed by atoms with E-state index in [1.54, 1.807) is 33.6 Å². The first kappa shape index (κ1) is 44.4. The molecule has 10 rings (SSSR count). The van der Waals surface area contributed by atoms with Gasteiger partial charge in [-0.15, -0.1) is 10.2 Å². The fourth-order valence-corrected chi connectivity index (χ4v) is 8.88. The minimum absolute atomic E-state index is 0.0203. The third kappa shape index (κ3) is 9.55. The molecule has 2 amide bonds. The van der Waals surface area contributed by atoms with E-state index < -0.39 is 6.04 Å². The molecule has 3 atom stereocenters. The van der Waals surface area contributed by atoms with Crippen LogP contribution in [0, 0.1) is 5.92 Å². The Kier molecular flexibility index (Phi) is 12.4. The number of aliphatic hydroxyl groups is 1. The average molecular weight is 917 g/mol. The molecule has 18 nitrogen and oxygen atoms in total. The number of nitrogens with zero attached hydrogens (tertiary/aromatic N) is 8. The molecule has 68 heavy (non-hydrogen) atoms. The summed E-state index contributed by atoms with van der Waals surface area (Å²) in [6.07, 6.45) is 9.56. The summed E-state index contributed by atoms with van der Waals surface area (Å²) in [6, 6.07) is 21.9. The summed E-state index contributed by atoms with van der Waals surface area (Å²) in [5.41, 5.74) is 9.07. The van der Waals surface area contributed by atoms with Crippen molar-refractivity contribution in [2.75, 3.05) is 30.5 Å². The third-order valence-electron chi connectivity index (χ3n) is 12.9. The molecule has 4 aromatic heterocycles. The first-order valence-electron chi connectivity index (χ1n) is 23.4. The number of H-pyrrole nitrogens is 2. The Morgan fingerprint density at radius 1 is 0.691 bits per heavy atom. The number of amides is 2. The topological polar surface area (TPSA) is 230 Å². The Morgan fingerprint density at radius 2 is 1.16 bits per heavy atom. The van der Waals surface area contributed by atoms with Gasteiger partial charge in [0, 0.05) is 65.1 Å². The van der Waals surface area contributed by atoms with Gasteiger partial charge in [-0.25, -0.2) is 9.36 Å². The van der Waals surface area contributed by atoms with Crippen LogP contribution in [0.1, 0.15) is 96.1 Å². The minimum Gasteiger partial charge on any atom is -0.394 e. The SMILES string of the molecule is CCC(COCC(C)C[C@@H](CO)NC(=O)c1ccc(-c2nc(Nc3ccc4[nH]ncc4c3C3CC3)n(C)n2)cc1)NC(=O)c1ccc(-c2nc(Nc3ccc4[nH]ncc4c3C3CC3)n(C)n2)cc1. The van der Waals surface area contributed by atoms with Crippen LogP contribution in [0.5, 0.6) is 0 Å². The molecule has 2 aliphatic carbocycles. The number of hydrogen-bond acceptors (Lipinski definition) is 12. The number of aryl methyl sites for hydroxylation is 2. The van der Waals surface area contributed by atoms with Crippen LogP contribution in [-0.4, -0.2) is 98.7 Å². The Hall–Kier alpha value is -7.44. The van der Waals surface area contributed by atoms with Crippen molar-refractivity contribution in [3.63, 3.8) is 0 Å². The number of ether oxygens (including phenoxy) is 1. The number of aromatic amines is 2. The first-order chi connectivity index (χ1) is 33.1. The quantitative estimate of drug-likeness (QED) is 0.0392. The zero-order chi connectivity index (χ0) is 46.9. The first-order valence-corrected chi connectivity index (χ1v) is 23.4. The lowest BCUT2D eigenvalue weighted by Gasteiger charge is -2.22. The second kappa shape index (κ2) is 19.0. The fourth-order valence-electron chi connectivity index (χ4n) is 8.88. The highest BCUT2D eigenvalue weighted by Gasteiger charge is 2.31. The van der Waals surface area contributed by atoms with Gasteiger partial charge in [-0.2, -0.15) is 20.2 Å². The van der Waals surface area contributed by atoms with E-state index in [0.717, 1.165) is 70.0 Å². The number of benzene rings is 4. The molecule has 2 unspecified atom stereocenters. The van der Waals surface area contributed by atoms with Gasteiger partial charge in [-0.05, 0) is 116 Å². The molecule has 4 heterocycles. The Labute approximate surface area is 392 Å². The van der Waals surface area contributed by atoms with Gasteiger partial charge in [0.25, 0.3) is 11.8 Å². The molecule has 0 saturated heterocycles. The smallest absolute Gasteiger partial charge is 0.251 e. The van der Waals surface area contributed by atoms with E-state index in [0.29, 0.717) is 72.6 Å². The van der Waals surface area contributed by atoms with E-state index >= 15 is 0 Å². The van der Waals surface area contributed by atoms with Gasteiger partial charge in [0.2, 0.25) is 11.9 Å². The maximum Gasteiger partial charge on any atom is 0.251 e. The lowest BCUT2D eigenvalue weighted by molar-refractivity contribution is 0.0676. The summed E-state index contributed by atoms with van der Waals surface area (Å²) >= 11 is 0. The summed E-state index contributed by atoms with van der Waals surface area (Å²) in [6.45, 7) is 4.51. The van der Waals surface area contributed by atoms with E-state index in [4.69, 9.17) is 14.7 Å². The van der Waals surface area contributed by atoms with Crippen molar-refractivity contribution in [1.29, 1.82) is 0 Å². The Morgan fingerprint density at radius 3 is 1.60 bits per heavy atom. The molecule has 0 bridgehead atoms. The molecule has 7 N–H and O–H groups in total. The maximum atomic E-state index is 13.3. The molecule has 0 spiro atoms. The van der Waals surface area contributed by atoms with Crippen LogP contribution in [0.4, 0.5) is 23.3 Å². The zero-order valence-electron chi connectivity index (χ0n) is 38.6. The van der Waals surface area contributed by atoms with Crippen LogP contribution in [0.25, 0.3) is 44.6 Å². The van der Waals surface area contributed by atoms with Crippen LogP contribution < -0.4 is 21.3 Å². The van der Waals surface area contributed by atoms with Crippen molar-refractivity contribution in [3.8, 4) is 22.8 Å². The van der Waals surface area contributed by atoms with Crippen molar-refractivity contribution < 1.29 is 19.4 Å². The summed E-state index contributed by atoms with van der Waals surface area (Å²) < 4.78 is 9.50. The van der Waals surface area contributed by atoms with E-state index in [1.165, 1.54) is 11.1 Å². The maximum absolute atomic E-state index is 13.3. The van der Waals surface area contributed by atoms with Crippen molar-refractivity contribution in [3.05, 3.63) is 107 Å². The molecule has 0 aliphatic heterocycles.